The molecular formula is C12H16N2O4S. The average molecular weight is 284 g/mol. The summed E-state index contributed by atoms with van der Waals surface area (Å²) >= 11 is 0. The fraction of sp³-hybridized carbons (Fsp3) is 0.417. The molecule has 1 amide bonds. The van der Waals surface area contributed by atoms with E-state index < -0.39 is 15.4 Å². The summed E-state index contributed by atoms with van der Waals surface area (Å²) < 4.78 is 27.8. The lowest BCUT2D eigenvalue weighted by atomic mass is 9.87. The molecule has 1 fully saturated rings. The molecule has 0 spiro atoms. The smallest absolute Gasteiger partial charge is 0.238 e. The van der Waals surface area contributed by atoms with E-state index in [0.717, 1.165) is 0 Å². The molecule has 0 saturated carbocycles. The molecule has 104 valence electrons. The fourth-order valence-electron chi connectivity index (χ4n) is 1.86. The van der Waals surface area contributed by atoms with E-state index in [1.165, 1.54) is 6.07 Å². The predicted octanol–water partition coefficient (Wildman–Crippen LogP) is -0.0133. The van der Waals surface area contributed by atoms with E-state index in [-0.39, 0.29) is 17.3 Å². The van der Waals surface area contributed by atoms with Crippen LogP contribution in [0, 0.1) is 5.41 Å². The zero-order valence-electron chi connectivity index (χ0n) is 10.5. The van der Waals surface area contributed by atoms with Crippen molar-refractivity contribution in [2.45, 2.75) is 18.4 Å². The molecule has 0 bridgehead atoms. The van der Waals surface area contributed by atoms with Crippen LogP contribution in [-0.4, -0.2) is 27.5 Å². The van der Waals surface area contributed by atoms with E-state index in [2.05, 4.69) is 5.32 Å². The van der Waals surface area contributed by atoms with Crippen LogP contribution in [0.25, 0.3) is 0 Å². The summed E-state index contributed by atoms with van der Waals surface area (Å²) in [6.07, 6.45) is 0. The highest BCUT2D eigenvalue weighted by molar-refractivity contribution is 7.89. The number of carbonyl (C=O) groups excluding carboxylic acids is 1. The first-order chi connectivity index (χ1) is 8.83. The van der Waals surface area contributed by atoms with Crippen LogP contribution in [-0.2, 0) is 26.1 Å². The molecule has 1 aliphatic rings. The van der Waals surface area contributed by atoms with Gasteiger partial charge >= 0.3 is 0 Å². The quantitative estimate of drug-likeness (QED) is 0.812. The maximum absolute atomic E-state index is 11.9. The molecule has 7 heteroatoms. The maximum atomic E-state index is 11.9. The minimum atomic E-state index is -3.78. The van der Waals surface area contributed by atoms with Gasteiger partial charge in [-0.2, -0.15) is 0 Å². The van der Waals surface area contributed by atoms with Gasteiger partial charge in [-0.3, -0.25) is 4.79 Å². The van der Waals surface area contributed by atoms with Gasteiger partial charge in [0.25, 0.3) is 0 Å². The highest BCUT2D eigenvalue weighted by Gasteiger charge is 2.40. The van der Waals surface area contributed by atoms with E-state index in [4.69, 9.17) is 9.88 Å². The molecule has 3 N–H and O–H groups in total. The molecule has 1 saturated heterocycles. The highest BCUT2D eigenvalue weighted by Crippen LogP contribution is 2.26. The molecule has 1 aromatic carbocycles. The van der Waals surface area contributed by atoms with E-state index in [9.17, 15) is 13.2 Å². The molecule has 0 radical (unpaired) electrons. The number of nitrogens with one attached hydrogen (secondary N) is 1. The Kier molecular flexibility index (Phi) is 3.62. The Morgan fingerprint density at radius 3 is 2.58 bits per heavy atom. The number of hydrogen-bond donors (Lipinski definition) is 2. The molecular weight excluding hydrogens is 268 g/mol. The predicted molar refractivity (Wildman–Crippen MR) is 68.6 cm³/mol. The standard InChI is InChI=1S/C12H16N2O4S/c1-12(7-18-8-12)11(15)14-6-9-4-2-3-5-10(9)19(13,16)17/h2-5H,6-8H2,1H3,(H,14,15)(H2,13,16,17). The second-order valence-electron chi connectivity index (χ2n) is 4.89. The number of nitrogens with two attached hydrogens (primary N) is 1. The van der Waals surface area contributed by atoms with E-state index >= 15 is 0 Å². The van der Waals surface area contributed by atoms with Gasteiger partial charge in [0.15, 0.2) is 0 Å². The third-order valence-corrected chi connectivity index (χ3v) is 4.12. The van der Waals surface area contributed by atoms with Crippen LogP contribution in [0.2, 0.25) is 0 Å². The van der Waals surface area contributed by atoms with Crippen LogP contribution in [0.15, 0.2) is 29.2 Å². The van der Waals surface area contributed by atoms with Gasteiger partial charge < -0.3 is 10.1 Å². The van der Waals surface area contributed by atoms with Crippen molar-refractivity contribution in [3.63, 3.8) is 0 Å². The summed E-state index contributed by atoms with van der Waals surface area (Å²) in [5.41, 5.74) is -0.0431. The molecule has 0 unspecified atom stereocenters. The van der Waals surface area contributed by atoms with Crippen LogP contribution in [0.3, 0.4) is 0 Å². The van der Waals surface area contributed by atoms with Crippen molar-refractivity contribution >= 4 is 15.9 Å². The Morgan fingerprint density at radius 2 is 2.05 bits per heavy atom. The first kappa shape index (κ1) is 14.0. The van der Waals surface area contributed by atoms with Crippen molar-refractivity contribution in [3.05, 3.63) is 29.8 Å². The lowest BCUT2D eigenvalue weighted by Gasteiger charge is -2.36. The number of carbonyl (C=O) groups is 1. The molecule has 2 rings (SSSR count). The lowest BCUT2D eigenvalue weighted by Crippen LogP contribution is -2.51. The zero-order chi connectivity index (χ0) is 14.1. The Labute approximate surface area is 112 Å². The van der Waals surface area contributed by atoms with Gasteiger partial charge in [-0.05, 0) is 18.6 Å². The van der Waals surface area contributed by atoms with Gasteiger partial charge in [-0.25, -0.2) is 13.6 Å². The summed E-state index contributed by atoms with van der Waals surface area (Å²) in [6.45, 7) is 2.70. The van der Waals surface area contributed by atoms with Gasteiger partial charge in [-0.1, -0.05) is 18.2 Å². The number of benzene rings is 1. The van der Waals surface area contributed by atoms with E-state index in [1.807, 2.05) is 0 Å². The average Bonchev–Trinajstić information content (AvgIpc) is 2.32. The molecule has 1 heterocycles. The van der Waals surface area contributed by atoms with Gasteiger partial charge in [-0.15, -0.1) is 0 Å². The SMILES string of the molecule is CC1(C(=O)NCc2ccccc2S(N)(=O)=O)COC1. The van der Waals surface area contributed by atoms with Crippen molar-refractivity contribution in [3.8, 4) is 0 Å². The van der Waals surface area contributed by atoms with Crippen LogP contribution in [0.1, 0.15) is 12.5 Å². The van der Waals surface area contributed by atoms with Crippen molar-refractivity contribution < 1.29 is 17.9 Å². The van der Waals surface area contributed by atoms with Gasteiger partial charge in [0.05, 0.1) is 23.5 Å². The van der Waals surface area contributed by atoms with Crippen LogP contribution < -0.4 is 10.5 Å². The largest absolute Gasteiger partial charge is 0.379 e. The second kappa shape index (κ2) is 4.92. The first-order valence-corrected chi connectivity index (χ1v) is 7.34. The number of primary sulfonamides is 1. The van der Waals surface area contributed by atoms with Gasteiger partial charge in [0.1, 0.15) is 0 Å². The molecule has 1 aliphatic heterocycles. The zero-order valence-corrected chi connectivity index (χ0v) is 11.4. The van der Waals surface area contributed by atoms with Gasteiger partial charge in [0.2, 0.25) is 15.9 Å². The van der Waals surface area contributed by atoms with Crippen molar-refractivity contribution in [1.29, 1.82) is 0 Å². The number of sulfonamides is 1. The number of rotatable bonds is 4. The van der Waals surface area contributed by atoms with Crippen molar-refractivity contribution in [1.82, 2.24) is 5.32 Å². The summed E-state index contributed by atoms with van der Waals surface area (Å²) in [7, 11) is -3.78. The van der Waals surface area contributed by atoms with E-state index in [0.29, 0.717) is 18.8 Å². The maximum Gasteiger partial charge on any atom is 0.238 e. The normalized spacial score (nSPS) is 17.6. The monoisotopic (exact) mass is 284 g/mol. The minimum Gasteiger partial charge on any atom is -0.379 e. The summed E-state index contributed by atoms with van der Waals surface area (Å²) in [5.74, 6) is -0.150. The summed E-state index contributed by atoms with van der Waals surface area (Å²) in [4.78, 5) is 11.9. The Hall–Kier alpha value is -1.44. The number of ether oxygens (including phenoxy) is 1. The van der Waals surface area contributed by atoms with Crippen LogP contribution in [0.5, 0.6) is 0 Å². The number of amides is 1. The topological polar surface area (TPSA) is 98.5 Å². The summed E-state index contributed by atoms with van der Waals surface area (Å²) in [5, 5.41) is 7.84. The third-order valence-electron chi connectivity index (χ3n) is 3.11. The van der Waals surface area contributed by atoms with Gasteiger partial charge in [0, 0.05) is 6.54 Å². The molecule has 0 atom stereocenters. The second-order valence-corrected chi connectivity index (χ2v) is 6.42. The Morgan fingerprint density at radius 1 is 1.42 bits per heavy atom. The van der Waals surface area contributed by atoms with Crippen molar-refractivity contribution in [2.75, 3.05) is 13.2 Å². The Balaban J connectivity index is 2.10. The lowest BCUT2D eigenvalue weighted by molar-refractivity contribution is -0.157. The Bertz CT molecular complexity index is 594. The highest BCUT2D eigenvalue weighted by atomic mass is 32.2. The summed E-state index contributed by atoms with van der Waals surface area (Å²) in [6, 6.07) is 6.33. The number of hydrogen-bond acceptors (Lipinski definition) is 4. The molecule has 6 nitrogen and oxygen atoms in total. The molecule has 0 aliphatic carbocycles. The van der Waals surface area contributed by atoms with Crippen LogP contribution >= 0.6 is 0 Å². The minimum absolute atomic E-state index is 0.0327. The van der Waals surface area contributed by atoms with Crippen LogP contribution in [0.4, 0.5) is 0 Å². The van der Waals surface area contributed by atoms with Crippen molar-refractivity contribution in [2.24, 2.45) is 10.6 Å². The fourth-order valence-corrected chi connectivity index (χ4v) is 2.63. The molecule has 19 heavy (non-hydrogen) atoms. The molecule has 1 aromatic rings. The third kappa shape index (κ3) is 2.94. The first-order valence-electron chi connectivity index (χ1n) is 5.80. The van der Waals surface area contributed by atoms with E-state index in [1.54, 1.807) is 25.1 Å². The molecule has 0 aromatic heterocycles.